The van der Waals surface area contributed by atoms with Crippen LogP contribution in [0.15, 0.2) is 91.0 Å². The molecule has 1 heterocycles. The largest absolute Gasteiger partial charge is 0.459 e. The summed E-state index contributed by atoms with van der Waals surface area (Å²) in [5.41, 5.74) is -5.54. The molecule has 0 bridgehead atoms. The third-order valence-electron chi connectivity index (χ3n) is 6.15. The van der Waals surface area contributed by atoms with Gasteiger partial charge in [0.1, 0.15) is 18.8 Å². The van der Waals surface area contributed by atoms with Crippen LogP contribution in [0.2, 0.25) is 0 Å². The minimum Gasteiger partial charge on any atom is -0.459 e. The molecule has 3 aromatic carbocycles. The van der Waals surface area contributed by atoms with E-state index in [1.54, 1.807) is 54.6 Å². The van der Waals surface area contributed by atoms with Gasteiger partial charge in [-0.2, -0.15) is 0 Å². The highest BCUT2D eigenvalue weighted by Gasteiger charge is 2.73. The maximum Gasteiger partial charge on any atom is 0.338 e. The Labute approximate surface area is 201 Å². The number of benzene rings is 3. The van der Waals surface area contributed by atoms with Gasteiger partial charge in [0.2, 0.25) is 11.6 Å². The van der Waals surface area contributed by atoms with Gasteiger partial charge in [0.15, 0.2) is 11.2 Å². The summed E-state index contributed by atoms with van der Waals surface area (Å²) in [4.78, 5) is 39.7. The Morgan fingerprint density at radius 1 is 0.686 bits per heavy atom. The summed E-state index contributed by atoms with van der Waals surface area (Å²) in [7, 11) is 0. The highest BCUT2D eigenvalue weighted by atomic mass is 16.6. The number of Topliss-reactive ketones (excluding diaryl/α,β-unsaturated/α-hetero) is 2. The lowest BCUT2D eigenvalue weighted by molar-refractivity contribution is -0.100. The van der Waals surface area contributed by atoms with E-state index in [0.29, 0.717) is 0 Å². The Kier molecular flexibility index (Phi) is 6.90. The normalized spacial score (nSPS) is 25.7. The van der Waals surface area contributed by atoms with Crippen molar-refractivity contribution in [2.75, 3.05) is 13.2 Å². The summed E-state index contributed by atoms with van der Waals surface area (Å²) in [6.07, 6.45) is -3.33. The molecule has 1 saturated heterocycles. The average molecular weight is 476 g/mol. The molecule has 0 radical (unpaired) electrons. The number of carbonyl (C=O) groups excluding carboxylic acids is 3. The number of esters is 1. The van der Waals surface area contributed by atoms with Gasteiger partial charge in [0.25, 0.3) is 0 Å². The van der Waals surface area contributed by atoms with Crippen LogP contribution in [-0.2, 0) is 9.47 Å². The Morgan fingerprint density at radius 2 is 1.09 bits per heavy atom. The first-order chi connectivity index (χ1) is 16.8. The van der Waals surface area contributed by atoms with Crippen molar-refractivity contribution in [2.24, 2.45) is 0 Å². The van der Waals surface area contributed by atoms with Crippen LogP contribution >= 0.6 is 0 Å². The number of hydrogen-bond donors (Lipinski definition) is 3. The minimum absolute atomic E-state index is 0.00160. The number of ketones is 2. The first kappa shape index (κ1) is 24.4. The average Bonchev–Trinajstić information content (AvgIpc) is 3.15. The monoisotopic (exact) mass is 476 g/mol. The molecule has 1 aliphatic rings. The molecular formula is C27H24O8. The van der Waals surface area contributed by atoms with E-state index in [-0.39, 0.29) is 16.7 Å². The van der Waals surface area contributed by atoms with Crippen molar-refractivity contribution >= 4 is 17.5 Å². The van der Waals surface area contributed by atoms with E-state index in [0.717, 1.165) is 0 Å². The number of ether oxygens (including phenoxy) is 2. The number of rotatable bonds is 8. The molecule has 0 spiro atoms. The molecule has 0 amide bonds. The molecule has 35 heavy (non-hydrogen) atoms. The zero-order valence-corrected chi connectivity index (χ0v) is 18.6. The summed E-state index contributed by atoms with van der Waals surface area (Å²) in [5.74, 6) is -2.78. The Hall–Kier alpha value is -3.69. The highest BCUT2D eigenvalue weighted by Crippen LogP contribution is 2.44. The van der Waals surface area contributed by atoms with E-state index in [1.807, 2.05) is 0 Å². The maximum atomic E-state index is 13.6. The molecule has 8 nitrogen and oxygen atoms in total. The highest BCUT2D eigenvalue weighted by molar-refractivity contribution is 6.13. The number of aliphatic hydroxyl groups is 3. The second kappa shape index (κ2) is 9.89. The second-order valence-corrected chi connectivity index (χ2v) is 8.18. The van der Waals surface area contributed by atoms with Crippen molar-refractivity contribution in [1.29, 1.82) is 0 Å². The molecule has 3 aromatic rings. The van der Waals surface area contributed by atoms with Crippen LogP contribution < -0.4 is 0 Å². The van der Waals surface area contributed by atoms with Gasteiger partial charge in [-0.3, -0.25) is 9.59 Å². The van der Waals surface area contributed by atoms with E-state index < -0.39 is 54.2 Å². The van der Waals surface area contributed by atoms with Crippen molar-refractivity contribution in [1.82, 2.24) is 0 Å². The third kappa shape index (κ3) is 4.17. The van der Waals surface area contributed by atoms with Crippen LogP contribution in [0, 0.1) is 0 Å². The molecular weight excluding hydrogens is 452 g/mol. The molecule has 0 aromatic heterocycles. The van der Waals surface area contributed by atoms with E-state index >= 15 is 0 Å². The zero-order valence-electron chi connectivity index (χ0n) is 18.6. The number of aliphatic hydroxyl groups excluding tert-OH is 1. The van der Waals surface area contributed by atoms with Gasteiger partial charge in [-0.05, 0) is 12.1 Å². The summed E-state index contributed by atoms with van der Waals surface area (Å²) in [5, 5.41) is 33.6. The quantitative estimate of drug-likeness (QED) is 0.332. The van der Waals surface area contributed by atoms with Gasteiger partial charge in [-0.15, -0.1) is 0 Å². The molecule has 1 fully saturated rings. The fourth-order valence-electron chi connectivity index (χ4n) is 4.29. The smallest absolute Gasteiger partial charge is 0.338 e. The SMILES string of the molecule is O=C(OC[C@H]1O[C@@H](CO)[C@](O)(C(=O)c2ccccc2)[C@@]1(O)C(=O)c1ccccc1)c1ccccc1. The van der Waals surface area contributed by atoms with Crippen molar-refractivity contribution in [3.8, 4) is 0 Å². The number of carbonyl (C=O) groups is 3. The lowest BCUT2D eigenvalue weighted by Crippen LogP contribution is -2.68. The van der Waals surface area contributed by atoms with E-state index in [9.17, 15) is 29.7 Å². The van der Waals surface area contributed by atoms with Crippen molar-refractivity contribution < 1.29 is 39.2 Å². The summed E-state index contributed by atoms with van der Waals surface area (Å²) < 4.78 is 10.9. The summed E-state index contributed by atoms with van der Waals surface area (Å²) >= 11 is 0. The van der Waals surface area contributed by atoms with Gasteiger partial charge >= 0.3 is 5.97 Å². The third-order valence-corrected chi connectivity index (χ3v) is 6.15. The van der Waals surface area contributed by atoms with Crippen LogP contribution in [0.1, 0.15) is 31.1 Å². The van der Waals surface area contributed by atoms with Crippen LogP contribution in [0.4, 0.5) is 0 Å². The molecule has 0 unspecified atom stereocenters. The van der Waals surface area contributed by atoms with Crippen LogP contribution in [0.5, 0.6) is 0 Å². The van der Waals surface area contributed by atoms with Crippen molar-refractivity contribution in [3.05, 3.63) is 108 Å². The Bertz CT molecular complexity index is 1200. The van der Waals surface area contributed by atoms with E-state index in [1.165, 1.54) is 36.4 Å². The topological polar surface area (TPSA) is 130 Å². The summed E-state index contributed by atoms with van der Waals surface area (Å²) in [6, 6.07) is 23.2. The molecule has 0 saturated carbocycles. The fraction of sp³-hybridized carbons (Fsp3) is 0.222. The van der Waals surface area contributed by atoms with Gasteiger partial charge in [-0.1, -0.05) is 78.9 Å². The maximum absolute atomic E-state index is 13.6. The van der Waals surface area contributed by atoms with Crippen LogP contribution in [0.25, 0.3) is 0 Å². The van der Waals surface area contributed by atoms with Crippen molar-refractivity contribution in [2.45, 2.75) is 23.4 Å². The van der Waals surface area contributed by atoms with Gasteiger partial charge < -0.3 is 24.8 Å². The fourth-order valence-corrected chi connectivity index (χ4v) is 4.29. The lowest BCUT2D eigenvalue weighted by Gasteiger charge is -2.38. The first-order valence-electron chi connectivity index (χ1n) is 11.0. The predicted molar refractivity (Wildman–Crippen MR) is 124 cm³/mol. The molecule has 4 atom stereocenters. The lowest BCUT2D eigenvalue weighted by atomic mass is 9.70. The molecule has 4 rings (SSSR count). The Balaban J connectivity index is 1.76. The second-order valence-electron chi connectivity index (χ2n) is 8.18. The zero-order chi connectivity index (χ0) is 25.1. The first-order valence-corrected chi connectivity index (χ1v) is 11.0. The summed E-state index contributed by atoms with van der Waals surface area (Å²) in [6.45, 7) is -1.55. The van der Waals surface area contributed by atoms with E-state index in [4.69, 9.17) is 9.47 Å². The van der Waals surface area contributed by atoms with Gasteiger partial charge in [-0.25, -0.2) is 4.79 Å². The molecule has 180 valence electrons. The predicted octanol–water partition coefficient (Wildman–Crippen LogP) is 1.83. The molecule has 8 heteroatoms. The molecule has 1 aliphatic heterocycles. The molecule has 3 N–H and O–H groups in total. The van der Waals surface area contributed by atoms with Gasteiger partial charge in [0.05, 0.1) is 12.2 Å². The van der Waals surface area contributed by atoms with Crippen LogP contribution in [-0.4, -0.2) is 69.5 Å². The minimum atomic E-state index is -2.88. The van der Waals surface area contributed by atoms with Crippen LogP contribution in [0.3, 0.4) is 0 Å². The van der Waals surface area contributed by atoms with E-state index in [2.05, 4.69) is 0 Å². The molecule has 0 aliphatic carbocycles. The number of hydrogen-bond acceptors (Lipinski definition) is 8. The van der Waals surface area contributed by atoms with Crippen molar-refractivity contribution in [3.63, 3.8) is 0 Å². The van der Waals surface area contributed by atoms with Gasteiger partial charge in [0, 0.05) is 11.1 Å². The Morgan fingerprint density at radius 3 is 1.51 bits per heavy atom. The standard InChI is InChI=1S/C27H24O8/c28-16-21-26(32,23(29)18-10-4-1-5-11-18)27(33,24(30)19-12-6-2-7-13-19)22(35-21)17-34-25(31)20-14-8-3-9-15-20/h1-15,21-22,28,32-33H,16-17H2/t21-,22+,26-,27-/m0/s1.